The van der Waals surface area contributed by atoms with Crippen LogP contribution in [0.2, 0.25) is 0 Å². The molecule has 136 valence electrons. The summed E-state index contributed by atoms with van der Waals surface area (Å²) < 4.78 is 46.8. The van der Waals surface area contributed by atoms with Crippen molar-refractivity contribution in [2.45, 2.75) is 39.2 Å². The summed E-state index contributed by atoms with van der Waals surface area (Å²) in [6.07, 6.45) is 4.20. The number of hydrogen-bond donors (Lipinski definition) is 0. The lowest BCUT2D eigenvalue weighted by Gasteiger charge is -2.10. The predicted molar refractivity (Wildman–Crippen MR) is 97.8 cm³/mol. The molecule has 0 radical (unpaired) electrons. The van der Waals surface area contributed by atoms with Crippen molar-refractivity contribution in [2.24, 2.45) is 0 Å². The highest BCUT2D eigenvalue weighted by Gasteiger charge is 2.09. The van der Waals surface area contributed by atoms with Gasteiger partial charge in [0.25, 0.3) is 0 Å². The van der Waals surface area contributed by atoms with Gasteiger partial charge in [-0.25, -0.2) is 13.2 Å². The van der Waals surface area contributed by atoms with Gasteiger partial charge in [-0.05, 0) is 54.1 Å². The summed E-state index contributed by atoms with van der Waals surface area (Å²) >= 11 is 0. The molecular weight excluding hydrogens is 337 g/mol. The molecule has 26 heavy (non-hydrogen) atoms. The van der Waals surface area contributed by atoms with Crippen molar-refractivity contribution < 1.29 is 17.9 Å². The molecule has 0 bridgehead atoms. The Kier molecular flexibility index (Phi) is 5.82. The van der Waals surface area contributed by atoms with Crippen LogP contribution in [0, 0.1) is 17.5 Å². The summed E-state index contributed by atoms with van der Waals surface area (Å²) in [6.45, 7) is 2.22. The van der Waals surface area contributed by atoms with E-state index < -0.39 is 11.6 Å². The molecule has 0 aliphatic heterocycles. The Morgan fingerprint density at radius 1 is 0.846 bits per heavy atom. The summed E-state index contributed by atoms with van der Waals surface area (Å²) in [7, 11) is 0. The van der Waals surface area contributed by atoms with Crippen molar-refractivity contribution in [3.8, 4) is 5.75 Å². The van der Waals surface area contributed by atoms with E-state index in [9.17, 15) is 13.2 Å². The minimum absolute atomic E-state index is 0.0796. The second kappa shape index (κ2) is 8.26. The van der Waals surface area contributed by atoms with E-state index in [4.69, 9.17) is 4.74 Å². The molecule has 0 atom stereocenters. The molecule has 0 N–H and O–H groups in total. The predicted octanol–water partition coefficient (Wildman–Crippen LogP) is 6.57. The quantitative estimate of drug-likeness (QED) is 0.434. The zero-order valence-corrected chi connectivity index (χ0v) is 14.7. The number of rotatable bonds is 7. The normalized spacial score (nSPS) is 11.1. The van der Waals surface area contributed by atoms with Crippen LogP contribution in [0.5, 0.6) is 5.75 Å². The van der Waals surface area contributed by atoms with Crippen LogP contribution >= 0.6 is 0 Å². The van der Waals surface area contributed by atoms with Gasteiger partial charge in [0.1, 0.15) is 18.2 Å². The van der Waals surface area contributed by atoms with Gasteiger partial charge in [0.05, 0.1) is 0 Å². The van der Waals surface area contributed by atoms with Gasteiger partial charge in [0.2, 0.25) is 0 Å². The fraction of sp³-hybridized carbons (Fsp3) is 0.273. The van der Waals surface area contributed by atoms with Gasteiger partial charge in [0.15, 0.2) is 11.6 Å². The van der Waals surface area contributed by atoms with Crippen molar-refractivity contribution in [3.05, 3.63) is 77.1 Å². The monoisotopic (exact) mass is 358 g/mol. The Morgan fingerprint density at radius 3 is 2.46 bits per heavy atom. The second-order valence-electron chi connectivity index (χ2n) is 6.42. The Balaban J connectivity index is 1.69. The minimum Gasteiger partial charge on any atom is -0.489 e. The molecule has 0 fully saturated rings. The van der Waals surface area contributed by atoms with Crippen LogP contribution in [0.25, 0.3) is 10.8 Å². The van der Waals surface area contributed by atoms with Gasteiger partial charge in [-0.1, -0.05) is 38.0 Å². The van der Waals surface area contributed by atoms with Crippen LogP contribution in [0.15, 0.2) is 48.5 Å². The van der Waals surface area contributed by atoms with Crippen LogP contribution in [-0.4, -0.2) is 0 Å². The zero-order valence-electron chi connectivity index (χ0n) is 14.7. The lowest BCUT2D eigenvalue weighted by molar-refractivity contribution is 0.300. The largest absolute Gasteiger partial charge is 0.489 e. The molecule has 0 aliphatic rings. The SMILES string of the molecule is CCCCCc1ccc(COc2ccc3c(F)c(F)ccc3c2)c(F)c1. The second-order valence-corrected chi connectivity index (χ2v) is 6.42. The Morgan fingerprint density at radius 2 is 1.69 bits per heavy atom. The van der Waals surface area contributed by atoms with E-state index in [-0.39, 0.29) is 17.8 Å². The minimum atomic E-state index is -0.882. The first-order valence-corrected chi connectivity index (χ1v) is 8.86. The lowest BCUT2D eigenvalue weighted by Crippen LogP contribution is -2.00. The molecule has 0 aromatic heterocycles. The first kappa shape index (κ1) is 18.3. The van der Waals surface area contributed by atoms with Crippen molar-refractivity contribution >= 4 is 10.8 Å². The highest BCUT2D eigenvalue weighted by Crippen LogP contribution is 2.25. The summed E-state index contributed by atoms with van der Waals surface area (Å²) in [5.74, 6) is -1.56. The molecule has 1 nitrogen and oxygen atoms in total. The summed E-state index contributed by atoms with van der Waals surface area (Å²) in [5, 5.41) is 0.730. The van der Waals surface area contributed by atoms with Crippen LogP contribution in [0.1, 0.15) is 37.3 Å². The maximum absolute atomic E-state index is 14.2. The first-order chi connectivity index (χ1) is 12.6. The number of unbranched alkanes of at least 4 members (excludes halogenated alkanes) is 2. The molecule has 0 amide bonds. The van der Waals surface area contributed by atoms with Crippen LogP contribution in [-0.2, 0) is 13.0 Å². The fourth-order valence-electron chi connectivity index (χ4n) is 2.94. The molecule has 0 aliphatic carbocycles. The molecule has 3 aromatic carbocycles. The summed E-state index contributed by atoms with van der Waals surface area (Å²) in [6, 6.07) is 12.5. The van der Waals surface area contributed by atoms with Gasteiger partial charge in [-0.3, -0.25) is 0 Å². The number of aryl methyl sites for hydroxylation is 1. The highest BCUT2D eigenvalue weighted by atomic mass is 19.2. The third-order valence-corrected chi connectivity index (χ3v) is 4.46. The van der Waals surface area contributed by atoms with Gasteiger partial charge < -0.3 is 4.74 Å². The molecular formula is C22H21F3O. The lowest BCUT2D eigenvalue weighted by atomic mass is 10.1. The zero-order chi connectivity index (χ0) is 18.5. The van der Waals surface area contributed by atoms with Crippen molar-refractivity contribution in [1.29, 1.82) is 0 Å². The fourth-order valence-corrected chi connectivity index (χ4v) is 2.94. The molecule has 0 spiro atoms. The Bertz CT molecular complexity index is 905. The van der Waals surface area contributed by atoms with Gasteiger partial charge in [-0.15, -0.1) is 0 Å². The third-order valence-electron chi connectivity index (χ3n) is 4.46. The van der Waals surface area contributed by atoms with E-state index in [0.717, 1.165) is 37.3 Å². The Hall–Kier alpha value is -2.49. The highest BCUT2D eigenvalue weighted by molar-refractivity contribution is 5.84. The standard InChI is InChI=1S/C22H21F3O/c1-2-3-4-5-15-6-7-17(21(24)12-15)14-26-18-9-10-19-16(13-18)8-11-20(23)22(19)25/h6-13H,2-5,14H2,1H3. The summed E-state index contributed by atoms with van der Waals surface area (Å²) in [4.78, 5) is 0. The van der Waals surface area contributed by atoms with E-state index in [1.807, 2.05) is 6.07 Å². The average Bonchev–Trinajstić information content (AvgIpc) is 2.64. The van der Waals surface area contributed by atoms with E-state index in [1.54, 1.807) is 24.3 Å². The van der Waals surface area contributed by atoms with Crippen LogP contribution in [0.4, 0.5) is 13.2 Å². The van der Waals surface area contributed by atoms with Crippen molar-refractivity contribution in [1.82, 2.24) is 0 Å². The smallest absolute Gasteiger partial charge is 0.166 e. The van der Waals surface area contributed by atoms with E-state index in [2.05, 4.69) is 6.92 Å². The molecule has 3 rings (SSSR count). The first-order valence-electron chi connectivity index (χ1n) is 8.86. The van der Waals surface area contributed by atoms with Gasteiger partial charge in [0, 0.05) is 10.9 Å². The molecule has 4 heteroatoms. The maximum Gasteiger partial charge on any atom is 0.166 e. The van der Waals surface area contributed by atoms with Gasteiger partial charge in [-0.2, -0.15) is 0 Å². The molecule has 0 saturated carbocycles. The van der Waals surface area contributed by atoms with Crippen LogP contribution in [0.3, 0.4) is 0 Å². The topological polar surface area (TPSA) is 9.23 Å². The number of hydrogen-bond acceptors (Lipinski definition) is 1. The van der Waals surface area contributed by atoms with Gasteiger partial charge >= 0.3 is 0 Å². The van der Waals surface area contributed by atoms with E-state index >= 15 is 0 Å². The number of halogens is 3. The van der Waals surface area contributed by atoms with Crippen molar-refractivity contribution in [2.75, 3.05) is 0 Å². The summed E-state index contributed by atoms with van der Waals surface area (Å²) in [5.41, 5.74) is 1.46. The molecule has 0 saturated heterocycles. The van der Waals surface area contributed by atoms with E-state index in [1.165, 1.54) is 12.1 Å². The third kappa shape index (κ3) is 4.18. The molecule has 0 unspecified atom stereocenters. The van der Waals surface area contributed by atoms with Crippen LogP contribution < -0.4 is 4.74 Å². The molecule has 3 aromatic rings. The number of benzene rings is 3. The van der Waals surface area contributed by atoms with E-state index in [0.29, 0.717) is 16.7 Å². The maximum atomic E-state index is 14.2. The number of ether oxygens (including phenoxy) is 1. The number of fused-ring (bicyclic) bond motifs is 1. The average molecular weight is 358 g/mol. The Labute approximate surface area is 151 Å². The van der Waals surface area contributed by atoms with Crippen molar-refractivity contribution in [3.63, 3.8) is 0 Å². The molecule has 0 heterocycles.